The number of rotatable bonds is 4. The van der Waals surface area contributed by atoms with E-state index in [1.54, 1.807) is 0 Å². The zero-order chi connectivity index (χ0) is 23.2. The second-order valence-electron chi connectivity index (χ2n) is 8.68. The zero-order valence-electron chi connectivity index (χ0n) is 17.8. The molecule has 0 saturated heterocycles. The molecule has 0 unspecified atom stereocenters. The SMILES string of the molecule is O=C(Cc1ccccc1C(F)(F)F)N1CCc2nc(C3(c4ccccc4)CC3)[nH]c(=O)c2C1. The van der Waals surface area contributed by atoms with Crippen LogP contribution in [0.3, 0.4) is 0 Å². The summed E-state index contributed by atoms with van der Waals surface area (Å²) in [6.45, 7) is 0.359. The van der Waals surface area contributed by atoms with Crippen LogP contribution in [-0.4, -0.2) is 27.3 Å². The van der Waals surface area contributed by atoms with Crippen molar-refractivity contribution in [2.24, 2.45) is 0 Å². The maximum Gasteiger partial charge on any atom is 0.416 e. The number of nitrogens with one attached hydrogen (secondary N) is 1. The fourth-order valence-electron chi connectivity index (χ4n) is 4.63. The van der Waals surface area contributed by atoms with Crippen molar-refractivity contribution in [2.45, 2.75) is 43.8 Å². The molecule has 1 saturated carbocycles. The lowest BCUT2D eigenvalue weighted by Crippen LogP contribution is -2.41. The largest absolute Gasteiger partial charge is 0.416 e. The minimum absolute atomic E-state index is 0.0449. The predicted molar refractivity (Wildman–Crippen MR) is 116 cm³/mol. The molecule has 1 aliphatic heterocycles. The number of H-pyrrole nitrogens is 1. The average Bonchev–Trinajstić information content (AvgIpc) is 3.61. The summed E-state index contributed by atoms with van der Waals surface area (Å²) < 4.78 is 39.8. The number of alkyl halides is 3. The van der Waals surface area contributed by atoms with Gasteiger partial charge in [0.2, 0.25) is 5.91 Å². The first-order valence-electron chi connectivity index (χ1n) is 10.9. The van der Waals surface area contributed by atoms with Gasteiger partial charge in [0.1, 0.15) is 5.82 Å². The van der Waals surface area contributed by atoms with E-state index in [2.05, 4.69) is 4.98 Å². The molecule has 5 nitrogen and oxygen atoms in total. The van der Waals surface area contributed by atoms with E-state index in [4.69, 9.17) is 4.98 Å². The molecule has 1 N–H and O–H groups in total. The first-order chi connectivity index (χ1) is 15.8. The molecule has 0 radical (unpaired) electrons. The fraction of sp³-hybridized carbons (Fsp3) is 0.320. The lowest BCUT2D eigenvalue weighted by Gasteiger charge is -2.29. The molecule has 1 aliphatic carbocycles. The number of amides is 1. The van der Waals surface area contributed by atoms with Crippen LogP contribution < -0.4 is 5.56 Å². The first kappa shape index (κ1) is 21.4. The predicted octanol–water partition coefficient (Wildman–Crippen LogP) is 4.00. The molecule has 2 aromatic carbocycles. The summed E-state index contributed by atoms with van der Waals surface area (Å²) in [5.74, 6) is 0.208. The molecular formula is C25H22F3N3O2. The summed E-state index contributed by atoms with van der Waals surface area (Å²) in [7, 11) is 0. The standard InChI is InChI=1S/C25H22F3N3O2/c26-25(27,28)19-9-5-4-6-16(19)14-21(32)31-13-10-20-18(15-31)22(33)30-23(29-20)24(11-12-24)17-7-2-1-3-8-17/h1-9H,10-15H2,(H,29,30,33). The normalized spacial score (nSPS) is 16.9. The molecule has 2 aliphatic rings. The molecule has 3 aromatic rings. The number of halogens is 3. The third-order valence-electron chi connectivity index (χ3n) is 6.62. The summed E-state index contributed by atoms with van der Waals surface area (Å²) in [6, 6.07) is 15.0. The number of aromatic amines is 1. The molecule has 8 heteroatoms. The van der Waals surface area contributed by atoms with E-state index < -0.39 is 17.6 Å². The summed E-state index contributed by atoms with van der Waals surface area (Å²) in [4.78, 5) is 34.9. The van der Waals surface area contributed by atoms with Gasteiger partial charge in [-0.3, -0.25) is 9.59 Å². The molecule has 5 rings (SSSR count). The van der Waals surface area contributed by atoms with Crippen molar-refractivity contribution in [3.63, 3.8) is 0 Å². The smallest absolute Gasteiger partial charge is 0.337 e. The van der Waals surface area contributed by atoms with Crippen LogP contribution in [0.15, 0.2) is 59.4 Å². The number of hydrogen-bond donors (Lipinski definition) is 1. The number of aromatic nitrogens is 2. The lowest BCUT2D eigenvalue weighted by molar-refractivity contribution is -0.138. The van der Waals surface area contributed by atoms with Gasteiger partial charge in [0.05, 0.1) is 35.2 Å². The molecule has 33 heavy (non-hydrogen) atoms. The van der Waals surface area contributed by atoms with Gasteiger partial charge in [-0.05, 0) is 30.0 Å². The van der Waals surface area contributed by atoms with E-state index in [9.17, 15) is 22.8 Å². The average molecular weight is 453 g/mol. The van der Waals surface area contributed by atoms with Gasteiger partial charge in [-0.15, -0.1) is 0 Å². The van der Waals surface area contributed by atoms with E-state index in [0.717, 1.165) is 24.5 Å². The molecule has 2 heterocycles. The Morgan fingerprint density at radius 2 is 1.76 bits per heavy atom. The summed E-state index contributed by atoms with van der Waals surface area (Å²) in [5.41, 5.74) is 0.748. The van der Waals surface area contributed by atoms with Gasteiger partial charge in [0.25, 0.3) is 5.56 Å². The maximum atomic E-state index is 13.3. The molecular weight excluding hydrogens is 431 g/mol. The second kappa shape index (κ2) is 7.86. The van der Waals surface area contributed by atoms with Crippen molar-refractivity contribution in [1.82, 2.24) is 14.9 Å². The molecule has 0 spiro atoms. The van der Waals surface area contributed by atoms with Crippen molar-refractivity contribution in [1.29, 1.82) is 0 Å². The van der Waals surface area contributed by atoms with Crippen molar-refractivity contribution in [3.8, 4) is 0 Å². The molecule has 1 aromatic heterocycles. The van der Waals surface area contributed by atoms with E-state index in [1.165, 1.54) is 23.1 Å². The highest BCUT2D eigenvalue weighted by molar-refractivity contribution is 5.79. The second-order valence-corrected chi connectivity index (χ2v) is 8.68. The van der Waals surface area contributed by atoms with Crippen LogP contribution in [0.2, 0.25) is 0 Å². The number of nitrogens with zero attached hydrogens (tertiary/aromatic N) is 2. The fourth-order valence-corrected chi connectivity index (χ4v) is 4.63. The van der Waals surface area contributed by atoms with Gasteiger partial charge in [-0.2, -0.15) is 13.2 Å². The van der Waals surface area contributed by atoms with Gasteiger partial charge in [0, 0.05) is 13.0 Å². The topological polar surface area (TPSA) is 66.1 Å². The number of carbonyl (C=O) groups excluding carboxylic acids is 1. The molecule has 0 bridgehead atoms. The monoisotopic (exact) mass is 453 g/mol. The lowest BCUT2D eigenvalue weighted by atomic mass is 9.94. The van der Waals surface area contributed by atoms with Crippen LogP contribution in [0, 0.1) is 0 Å². The van der Waals surface area contributed by atoms with Gasteiger partial charge in [-0.25, -0.2) is 4.98 Å². The zero-order valence-corrected chi connectivity index (χ0v) is 17.8. The third-order valence-corrected chi connectivity index (χ3v) is 6.62. The van der Waals surface area contributed by atoms with Crippen LogP contribution in [0.25, 0.3) is 0 Å². The molecule has 170 valence electrons. The highest BCUT2D eigenvalue weighted by atomic mass is 19.4. The highest BCUT2D eigenvalue weighted by Crippen LogP contribution is 2.51. The number of hydrogen-bond acceptors (Lipinski definition) is 3. The van der Waals surface area contributed by atoms with E-state index in [1.807, 2.05) is 30.3 Å². The molecule has 0 atom stereocenters. The number of carbonyl (C=O) groups is 1. The Kier molecular flexibility index (Phi) is 5.11. The van der Waals surface area contributed by atoms with Crippen molar-refractivity contribution in [2.75, 3.05) is 6.54 Å². The van der Waals surface area contributed by atoms with Crippen molar-refractivity contribution in [3.05, 3.63) is 98.7 Å². The quantitative estimate of drug-likeness (QED) is 0.650. The van der Waals surface area contributed by atoms with E-state index in [0.29, 0.717) is 30.0 Å². The van der Waals surface area contributed by atoms with Crippen LogP contribution >= 0.6 is 0 Å². The van der Waals surface area contributed by atoms with E-state index in [-0.39, 0.29) is 29.5 Å². The minimum Gasteiger partial charge on any atom is -0.337 e. The van der Waals surface area contributed by atoms with Crippen LogP contribution in [0.4, 0.5) is 13.2 Å². The van der Waals surface area contributed by atoms with Crippen LogP contribution in [0.1, 0.15) is 46.6 Å². The minimum atomic E-state index is -4.53. The van der Waals surface area contributed by atoms with Gasteiger partial charge >= 0.3 is 6.18 Å². The Labute approximate surface area is 188 Å². The Morgan fingerprint density at radius 1 is 1.06 bits per heavy atom. The maximum absolute atomic E-state index is 13.3. The third kappa shape index (κ3) is 3.94. The van der Waals surface area contributed by atoms with Gasteiger partial charge in [0.15, 0.2) is 0 Å². The Morgan fingerprint density at radius 3 is 2.45 bits per heavy atom. The summed E-state index contributed by atoms with van der Waals surface area (Å²) in [5, 5.41) is 0. The summed E-state index contributed by atoms with van der Waals surface area (Å²) in [6.07, 6.45) is -2.69. The summed E-state index contributed by atoms with van der Waals surface area (Å²) >= 11 is 0. The first-order valence-corrected chi connectivity index (χ1v) is 10.9. The van der Waals surface area contributed by atoms with E-state index >= 15 is 0 Å². The number of fused-ring (bicyclic) bond motifs is 1. The number of benzene rings is 2. The Bertz CT molecular complexity index is 1260. The molecule has 1 amide bonds. The van der Waals surface area contributed by atoms with Crippen molar-refractivity contribution >= 4 is 5.91 Å². The Balaban J connectivity index is 1.37. The van der Waals surface area contributed by atoms with Gasteiger partial charge in [-0.1, -0.05) is 48.5 Å². The van der Waals surface area contributed by atoms with Crippen LogP contribution in [-0.2, 0) is 35.8 Å². The Hall–Kier alpha value is -3.42. The van der Waals surface area contributed by atoms with Crippen LogP contribution in [0.5, 0.6) is 0 Å². The highest BCUT2D eigenvalue weighted by Gasteiger charge is 2.48. The van der Waals surface area contributed by atoms with Gasteiger partial charge < -0.3 is 9.88 Å². The molecule has 1 fully saturated rings. The van der Waals surface area contributed by atoms with Crippen molar-refractivity contribution < 1.29 is 18.0 Å².